The Morgan fingerprint density at radius 1 is 1.19 bits per heavy atom. The fourth-order valence-corrected chi connectivity index (χ4v) is 2.83. The number of rotatable bonds is 4. The van der Waals surface area contributed by atoms with Crippen LogP contribution in [0.3, 0.4) is 0 Å². The van der Waals surface area contributed by atoms with Crippen molar-refractivity contribution in [2.45, 2.75) is 38.4 Å². The first kappa shape index (κ1) is 24.1. The Morgan fingerprint density at radius 3 is 2.39 bits per heavy atom. The zero-order valence-corrected chi connectivity index (χ0v) is 17.2. The number of carbonyl (C=O) groups is 1. The van der Waals surface area contributed by atoms with Crippen LogP contribution in [0.4, 0.5) is 11.8 Å². The second-order valence-electron chi connectivity index (χ2n) is 6.16. The number of anilines is 2. The lowest BCUT2D eigenvalue weighted by atomic mass is 10.1. The van der Waals surface area contributed by atoms with E-state index in [1.807, 2.05) is 32.0 Å². The molecule has 168 valence electrons. The molecule has 0 saturated carbocycles. The summed E-state index contributed by atoms with van der Waals surface area (Å²) in [5.41, 5.74) is 9.34. The Bertz CT molecular complexity index is 969. The lowest BCUT2D eigenvalue weighted by Gasteiger charge is -2.16. The monoisotopic (exact) mass is 433 g/mol. The number of nitrogens with zero attached hydrogens (tertiary/aromatic N) is 4. The third kappa shape index (κ3) is 5.31. The molecule has 12 nitrogen and oxygen atoms in total. The number of benzene rings is 1. The Kier molecular flexibility index (Phi) is 8.78. The third-order valence-electron chi connectivity index (χ3n) is 4.30. The van der Waals surface area contributed by atoms with Gasteiger partial charge in [-0.3, -0.25) is 14.8 Å². The van der Waals surface area contributed by atoms with Gasteiger partial charge in [0.25, 0.3) is 0 Å². The van der Waals surface area contributed by atoms with Gasteiger partial charge in [-0.1, -0.05) is 44.2 Å². The van der Waals surface area contributed by atoms with Gasteiger partial charge in [0.1, 0.15) is 30.1 Å². The van der Waals surface area contributed by atoms with Gasteiger partial charge in [-0.25, -0.2) is 10.8 Å². The number of nitrogens with one attached hydrogen (secondary N) is 1. The van der Waals surface area contributed by atoms with E-state index in [1.165, 1.54) is 10.9 Å². The molecule has 31 heavy (non-hydrogen) atoms. The first-order chi connectivity index (χ1) is 15.0. The van der Waals surface area contributed by atoms with Crippen LogP contribution in [0, 0.1) is 0 Å². The predicted octanol–water partition coefficient (Wildman–Crippen LogP) is -0.169. The molecule has 8 N–H and O–H groups in total. The van der Waals surface area contributed by atoms with Crippen LogP contribution in [0.5, 0.6) is 0 Å². The molecule has 1 fully saturated rings. The molecule has 0 radical (unpaired) electrons. The summed E-state index contributed by atoms with van der Waals surface area (Å²) < 4.78 is 6.82. The van der Waals surface area contributed by atoms with Gasteiger partial charge in [-0.15, -0.1) is 0 Å². The van der Waals surface area contributed by atoms with Crippen molar-refractivity contribution >= 4 is 29.2 Å². The minimum atomic E-state index is -1.25. The smallest absolute Gasteiger partial charge is 0.241 e. The molecular weight excluding hydrogens is 406 g/mol. The second kappa shape index (κ2) is 11.3. The lowest BCUT2D eigenvalue weighted by Crippen LogP contribution is -2.33. The zero-order valence-electron chi connectivity index (χ0n) is 17.2. The quantitative estimate of drug-likeness (QED) is 0.182. The van der Waals surface area contributed by atoms with Crippen LogP contribution in [-0.2, 0) is 4.74 Å². The molecule has 0 aliphatic carbocycles. The summed E-state index contributed by atoms with van der Waals surface area (Å²) in [5, 5.41) is 28.9. The number of nitrogen functional groups attached to an aromatic ring is 2. The number of carbonyl (C=O) groups excluding carboxylic acids is 1. The number of nitrogens with two attached hydrogens (primary N) is 2. The van der Waals surface area contributed by atoms with E-state index in [9.17, 15) is 15.0 Å². The van der Waals surface area contributed by atoms with Gasteiger partial charge in [-0.2, -0.15) is 9.97 Å². The van der Waals surface area contributed by atoms with Crippen molar-refractivity contribution in [3.63, 3.8) is 0 Å². The number of aldehydes is 1. The molecule has 1 unspecified atom stereocenters. The largest absolute Gasteiger partial charge is 0.394 e. The predicted molar refractivity (Wildman–Crippen MR) is 114 cm³/mol. The van der Waals surface area contributed by atoms with Gasteiger partial charge < -0.3 is 25.8 Å². The maximum atomic E-state index is 10.0. The summed E-state index contributed by atoms with van der Waals surface area (Å²) >= 11 is 0. The van der Waals surface area contributed by atoms with E-state index < -0.39 is 31.1 Å². The maximum absolute atomic E-state index is 10.0. The normalized spacial score (nSPS) is 22.1. The first-order valence-electron chi connectivity index (χ1n) is 9.59. The number of hydrogen-bond donors (Lipinski definition) is 6. The molecule has 3 aromatic rings. The van der Waals surface area contributed by atoms with Crippen molar-refractivity contribution in [3.8, 4) is 0 Å². The number of imidazole rings is 1. The highest BCUT2D eigenvalue weighted by Crippen LogP contribution is 2.32. The topological polar surface area (TPSA) is 195 Å². The molecule has 4 atom stereocenters. The number of fused-ring (bicyclic) bond motifs is 1. The summed E-state index contributed by atoms with van der Waals surface area (Å²) in [7, 11) is 0. The fourth-order valence-electron chi connectivity index (χ4n) is 2.83. The number of aromatic nitrogens is 4. The standard InChI is InChI=1S/C10H15N7O4.C7H6O.C2H6/c11-7-4-8(15-10(14-7)16-12)17(2-13-4)9-6(20)5(19)3(1-18)21-9;8-6-7-4-2-1-3-5-7;1-2/h2-3,5-6,9,18-20H,1,12H2,(H3,11,14,15,16);1-6H;1-2H3/t3-,5?,6+,9-;;/m1../s1. The molecule has 0 amide bonds. The van der Waals surface area contributed by atoms with E-state index in [2.05, 4.69) is 20.4 Å². The van der Waals surface area contributed by atoms with E-state index in [0.29, 0.717) is 5.52 Å². The van der Waals surface area contributed by atoms with Crippen molar-refractivity contribution in [2.75, 3.05) is 17.8 Å². The number of aliphatic hydroxyl groups is 3. The maximum Gasteiger partial charge on any atom is 0.241 e. The van der Waals surface area contributed by atoms with E-state index in [-0.39, 0.29) is 17.4 Å². The number of aliphatic hydroxyl groups excluding tert-OH is 3. The highest BCUT2D eigenvalue weighted by atomic mass is 16.6. The summed E-state index contributed by atoms with van der Waals surface area (Å²) in [4.78, 5) is 22.1. The zero-order chi connectivity index (χ0) is 23.0. The molecule has 0 spiro atoms. The van der Waals surface area contributed by atoms with E-state index in [4.69, 9.17) is 21.4 Å². The SMILES string of the molecule is CC.NNc1nc(N)c2ncn([C@@H]3O[C@H](CO)C(O)[C@@H]3O)c2n1.O=Cc1ccccc1. The number of ether oxygens (including phenoxy) is 1. The number of hydrazine groups is 1. The van der Waals surface area contributed by atoms with Crippen LogP contribution in [0.25, 0.3) is 11.2 Å². The molecule has 1 saturated heterocycles. The van der Waals surface area contributed by atoms with Crippen LogP contribution in [0.1, 0.15) is 30.4 Å². The average molecular weight is 433 g/mol. The molecular formula is C19H27N7O5. The Labute approximate surface area is 178 Å². The van der Waals surface area contributed by atoms with E-state index >= 15 is 0 Å². The van der Waals surface area contributed by atoms with E-state index in [0.717, 1.165) is 11.8 Å². The van der Waals surface area contributed by atoms with Crippen LogP contribution >= 0.6 is 0 Å². The molecule has 1 aliphatic heterocycles. The van der Waals surface area contributed by atoms with Crippen LogP contribution in [0.2, 0.25) is 0 Å². The third-order valence-corrected chi connectivity index (χ3v) is 4.30. The van der Waals surface area contributed by atoms with Crippen molar-refractivity contribution in [1.82, 2.24) is 19.5 Å². The highest BCUT2D eigenvalue weighted by molar-refractivity contribution is 5.82. The van der Waals surface area contributed by atoms with Gasteiger partial charge in [0.05, 0.1) is 12.9 Å². The van der Waals surface area contributed by atoms with Gasteiger partial charge >= 0.3 is 0 Å². The average Bonchev–Trinajstić information content (AvgIpc) is 3.37. The minimum absolute atomic E-state index is 0.0773. The molecule has 1 aromatic carbocycles. The Balaban J connectivity index is 0.000000286. The molecule has 2 aromatic heterocycles. The van der Waals surface area contributed by atoms with Crippen LogP contribution in [-0.4, -0.2) is 66.0 Å². The van der Waals surface area contributed by atoms with Gasteiger partial charge in [-0.05, 0) is 0 Å². The fraction of sp³-hybridized carbons (Fsp3) is 0.368. The first-order valence-corrected chi connectivity index (χ1v) is 9.59. The lowest BCUT2D eigenvalue weighted by molar-refractivity contribution is -0.0511. The highest BCUT2D eigenvalue weighted by Gasteiger charge is 2.44. The van der Waals surface area contributed by atoms with Gasteiger partial charge in [0, 0.05) is 5.56 Å². The van der Waals surface area contributed by atoms with E-state index in [1.54, 1.807) is 12.1 Å². The van der Waals surface area contributed by atoms with Crippen molar-refractivity contribution in [3.05, 3.63) is 42.2 Å². The second-order valence-corrected chi connectivity index (χ2v) is 6.16. The van der Waals surface area contributed by atoms with Crippen molar-refractivity contribution in [1.29, 1.82) is 0 Å². The summed E-state index contributed by atoms with van der Waals surface area (Å²) in [6, 6.07) is 9.10. The van der Waals surface area contributed by atoms with Crippen LogP contribution in [0.15, 0.2) is 36.7 Å². The molecule has 1 aliphatic rings. The minimum Gasteiger partial charge on any atom is -0.394 e. The molecule has 12 heteroatoms. The van der Waals surface area contributed by atoms with Crippen LogP contribution < -0.4 is 17.0 Å². The summed E-state index contributed by atoms with van der Waals surface area (Å²) in [5.74, 6) is 5.45. The van der Waals surface area contributed by atoms with Gasteiger partial charge in [0.2, 0.25) is 5.95 Å². The molecule has 3 heterocycles. The Hall–Kier alpha value is -3.16. The van der Waals surface area contributed by atoms with Crippen molar-refractivity contribution in [2.24, 2.45) is 5.84 Å². The van der Waals surface area contributed by atoms with Crippen molar-refractivity contribution < 1.29 is 24.9 Å². The summed E-state index contributed by atoms with van der Waals surface area (Å²) in [6.07, 6.45) is -2.12. The molecule has 4 rings (SSSR count). The summed E-state index contributed by atoms with van der Waals surface area (Å²) in [6.45, 7) is 3.58. The Morgan fingerprint density at radius 2 is 1.87 bits per heavy atom. The molecule has 0 bridgehead atoms. The number of hydrogen-bond acceptors (Lipinski definition) is 11. The van der Waals surface area contributed by atoms with Gasteiger partial charge in [0.15, 0.2) is 17.7 Å².